The van der Waals surface area contributed by atoms with Crippen LogP contribution in [-0.4, -0.2) is 26.0 Å². The molecule has 21 heavy (non-hydrogen) atoms. The molecule has 0 heterocycles. The standard InChI is InChI=1S/C14H19ClN2O3S/c1-10(8-15)9-21(19,20)17-13-4-2-3-12(7-13)16-14(18)11-5-6-11/h2-4,7,10-11,17H,5-6,8-9H2,1H3,(H,16,18). The largest absolute Gasteiger partial charge is 0.326 e. The van der Waals surface area contributed by atoms with Gasteiger partial charge < -0.3 is 5.32 Å². The summed E-state index contributed by atoms with van der Waals surface area (Å²) in [6.45, 7) is 1.78. The third-order valence-corrected chi connectivity index (χ3v) is 5.20. The van der Waals surface area contributed by atoms with Crippen LogP contribution in [0.15, 0.2) is 24.3 Å². The number of sulfonamides is 1. The number of nitrogens with one attached hydrogen (secondary N) is 2. The summed E-state index contributed by atoms with van der Waals surface area (Å²) < 4.78 is 26.4. The summed E-state index contributed by atoms with van der Waals surface area (Å²) in [5.41, 5.74) is 1.03. The maximum absolute atomic E-state index is 12.0. The number of benzene rings is 1. The van der Waals surface area contributed by atoms with Crippen molar-refractivity contribution in [3.63, 3.8) is 0 Å². The van der Waals surface area contributed by atoms with Crippen LogP contribution in [0.4, 0.5) is 11.4 Å². The van der Waals surface area contributed by atoms with E-state index in [1.165, 1.54) is 0 Å². The molecule has 0 bridgehead atoms. The van der Waals surface area contributed by atoms with Gasteiger partial charge >= 0.3 is 0 Å². The van der Waals surface area contributed by atoms with Crippen molar-refractivity contribution in [1.82, 2.24) is 0 Å². The Morgan fingerprint density at radius 1 is 1.38 bits per heavy atom. The van der Waals surface area contributed by atoms with Gasteiger partial charge in [0, 0.05) is 17.5 Å². The van der Waals surface area contributed by atoms with Gasteiger partial charge in [0.1, 0.15) is 0 Å². The molecule has 1 aromatic carbocycles. The van der Waals surface area contributed by atoms with Crippen molar-refractivity contribution in [2.75, 3.05) is 21.7 Å². The maximum Gasteiger partial charge on any atom is 0.233 e. The second kappa shape index (κ2) is 6.66. The summed E-state index contributed by atoms with van der Waals surface area (Å²) in [4.78, 5) is 11.7. The summed E-state index contributed by atoms with van der Waals surface area (Å²) in [5, 5.41) is 2.79. The first-order chi connectivity index (χ1) is 9.89. The third-order valence-electron chi connectivity index (χ3n) is 3.12. The molecule has 1 aliphatic carbocycles. The molecule has 1 aromatic rings. The second-order valence-corrected chi connectivity index (χ2v) is 7.56. The fourth-order valence-electron chi connectivity index (χ4n) is 1.89. The normalized spacial score (nSPS) is 16.3. The highest BCUT2D eigenvalue weighted by molar-refractivity contribution is 7.92. The van der Waals surface area contributed by atoms with Crippen molar-refractivity contribution in [3.05, 3.63) is 24.3 Å². The molecule has 1 aliphatic rings. The quantitative estimate of drug-likeness (QED) is 0.755. The zero-order valence-corrected chi connectivity index (χ0v) is 13.4. The van der Waals surface area contributed by atoms with E-state index >= 15 is 0 Å². The lowest BCUT2D eigenvalue weighted by Gasteiger charge is -2.12. The van der Waals surface area contributed by atoms with Crippen LogP contribution in [0.1, 0.15) is 19.8 Å². The number of halogens is 1. The highest BCUT2D eigenvalue weighted by Crippen LogP contribution is 2.30. The lowest BCUT2D eigenvalue weighted by molar-refractivity contribution is -0.117. The van der Waals surface area contributed by atoms with E-state index in [0.717, 1.165) is 12.8 Å². The van der Waals surface area contributed by atoms with Gasteiger partial charge in [0.25, 0.3) is 0 Å². The van der Waals surface area contributed by atoms with Crippen LogP contribution in [0.5, 0.6) is 0 Å². The highest BCUT2D eigenvalue weighted by atomic mass is 35.5. The minimum absolute atomic E-state index is 0.00855. The molecule has 1 atom stereocenters. The van der Waals surface area contributed by atoms with Gasteiger partial charge in [-0.1, -0.05) is 13.0 Å². The van der Waals surface area contributed by atoms with Crippen LogP contribution < -0.4 is 10.0 Å². The molecule has 0 spiro atoms. The fraction of sp³-hybridized carbons (Fsp3) is 0.500. The average Bonchev–Trinajstić information content (AvgIpc) is 3.21. The van der Waals surface area contributed by atoms with E-state index in [9.17, 15) is 13.2 Å². The summed E-state index contributed by atoms with van der Waals surface area (Å²) in [5.74, 6) is 0.232. The van der Waals surface area contributed by atoms with Crippen molar-refractivity contribution in [3.8, 4) is 0 Å². The first-order valence-corrected chi connectivity index (χ1v) is 9.05. The number of hydrogen-bond acceptors (Lipinski definition) is 3. The lowest BCUT2D eigenvalue weighted by Crippen LogP contribution is -2.22. The Hall–Kier alpha value is -1.27. The zero-order valence-electron chi connectivity index (χ0n) is 11.8. The van der Waals surface area contributed by atoms with Crippen LogP contribution in [0.3, 0.4) is 0 Å². The first kappa shape index (κ1) is 16.1. The molecule has 1 amide bonds. The Balaban J connectivity index is 2.01. The molecule has 116 valence electrons. The summed E-state index contributed by atoms with van der Waals surface area (Å²) in [6.07, 6.45) is 1.85. The molecular formula is C14H19ClN2O3S. The van der Waals surface area contributed by atoms with Gasteiger partial charge in [-0.05, 0) is 37.0 Å². The van der Waals surface area contributed by atoms with E-state index in [2.05, 4.69) is 10.0 Å². The number of alkyl halides is 1. The van der Waals surface area contributed by atoms with E-state index < -0.39 is 10.0 Å². The van der Waals surface area contributed by atoms with Crippen LogP contribution in [0, 0.1) is 11.8 Å². The topological polar surface area (TPSA) is 75.3 Å². The molecule has 0 aromatic heterocycles. The molecule has 5 nitrogen and oxygen atoms in total. The predicted octanol–water partition coefficient (Wildman–Crippen LogP) is 2.65. The highest BCUT2D eigenvalue weighted by Gasteiger charge is 2.29. The van der Waals surface area contributed by atoms with Crippen LogP contribution in [-0.2, 0) is 14.8 Å². The van der Waals surface area contributed by atoms with Crippen LogP contribution in [0.2, 0.25) is 0 Å². The molecule has 0 radical (unpaired) electrons. The van der Waals surface area contributed by atoms with Gasteiger partial charge in [0.05, 0.1) is 11.4 Å². The number of amides is 1. The predicted molar refractivity (Wildman–Crippen MR) is 85.1 cm³/mol. The number of carbonyl (C=O) groups is 1. The lowest BCUT2D eigenvalue weighted by atomic mass is 10.2. The van der Waals surface area contributed by atoms with E-state index in [1.54, 1.807) is 31.2 Å². The van der Waals surface area contributed by atoms with E-state index in [4.69, 9.17) is 11.6 Å². The van der Waals surface area contributed by atoms with Gasteiger partial charge in [-0.2, -0.15) is 0 Å². The SMILES string of the molecule is CC(CCl)CS(=O)(=O)Nc1cccc(NC(=O)C2CC2)c1. The average molecular weight is 331 g/mol. The zero-order chi connectivity index (χ0) is 15.5. The summed E-state index contributed by atoms with van der Waals surface area (Å²) in [7, 11) is -3.44. The summed E-state index contributed by atoms with van der Waals surface area (Å²) in [6, 6.07) is 6.70. The second-order valence-electron chi connectivity index (χ2n) is 5.49. The van der Waals surface area contributed by atoms with Crippen molar-refractivity contribution >= 4 is 38.9 Å². The van der Waals surface area contributed by atoms with Gasteiger partial charge in [0.15, 0.2) is 0 Å². The van der Waals surface area contributed by atoms with Crippen molar-refractivity contribution in [1.29, 1.82) is 0 Å². The van der Waals surface area contributed by atoms with Crippen molar-refractivity contribution in [2.24, 2.45) is 11.8 Å². The van der Waals surface area contributed by atoms with Gasteiger partial charge in [-0.15, -0.1) is 11.6 Å². The van der Waals surface area contributed by atoms with E-state index in [-0.39, 0.29) is 23.5 Å². The third kappa shape index (κ3) is 5.21. The van der Waals surface area contributed by atoms with Gasteiger partial charge in [-0.25, -0.2) is 8.42 Å². The van der Waals surface area contributed by atoms with Gasteiger partial charge in [-0.3, -0.25) is 9.52 Å². The molecule has 1 fully saturated rings. The molecule has 1 saturated carbocycles. The summed E-state index contributed by atoms with van der Waals surface area (Å²) >= 11 is 5.64. The molecule has 2 N–H and O–H groups in total. The minimum Gasteiger partial charge on any atom is -0.326 e. The molecule has 2 rings (SSSR count). The number of carbonyl (C=O) groups excluding carboxylic acids is 1. The van der Waals surface area contributed by atoms with Crippen molar-refractivity contribution < 1.29 is 13.2 Å². The number of hydrogen-bond donors (Lipinski definition) is 2. The minimum atomic E-state index is -3.44. The molecular weight excluding hydrogens is 312 g/mol. The Bertz CT molecular complexity index is 614. The Labute approximate surface area is 130 Å². The fourth-order valence-corrected chi connectivity index (χ4v) is 3.57. The Kier molecular flexibility index (Phi) is 5.11. The Morgan fingerprint density at radius 2 is 2.05 bits per heavy atom. The van der Waals surface area contributed by atoms with Crippen LogP contribution >= 0.6 is 11.6 Å². The smallest absolute Gasteiger partial charge is 0.233 e. The molecule has 1 unspecified atom stereocenters. The number of rotatable bonds is 7. The monoisotopic (exact) mass is 330 g/mol. The van der Waals surface area contributed by atoms with Gasteiger partial charge in [0.2, 0.25) is 15.9 Å². The van der Waals surface area contributed by atoms with E-state index in [1.807, 2.05) is 0 Å². The number of anilines is 2. The maximum atomic E-state index is 12.0. The van der Waals surface area contributed by atoms with Crippen LogP contribution in [0.25, 0.3) is 0 Å². The molecule has 7 heteroatoms. The van der Waals surface area contributed by atoms with E-state index in [0.29, 0.717) is 17.3 Å². The van der Waals surface area contributed by atoms with Crippen molar-refractivity contribution in [2.45, 2.75) is 19.8 Å². The molecule has 0 saturated heterocycles. The molecule has 0 aliphatic heterocycles. The Morgan fingerprint density at radius 3 is 2.67 bits per heavy atom. The first-order valence-electron chi connectivity index (χ1n) is 6.87.